The lowest BCUT2D eigenvalue weighted by Crippen LogP contribution is -2.54. The molecule has 0 aliphatic carbocycles. The Labute approximate surface area is 119 Å². The zero-order valence-corrected chi connectivity index (χ0v) is 11.9. The number of hydrogen-bond donors (Lipinski definition) is 1. The average Bonchev–Trinajstić information content (AvgIpc) is 2.39. The summed E-state index contributed by atoms with van der Waals surface area (Å²) in [6.45, 7) is 2.02. The van der Waals surface area contributed by atoms with E-state index in [2.05, 4.69) is 5.92 Å². The lowest BCUT2D eigenvalue weighted by atomic mass is 9.90. The van der Waals surface area contributed by atoms with Gasteiger partial charge < -0.3 is 14.6 Å². The van der Waals surface area contributed by atoms with Crippen molar-refractivity contribution in [2.24, 2.45) is 0 Å². The van der Waals surface area contributed by atoms with Gasteiger partial charge in [0.1, 0.15) is 0 Å². The number of allylic oxidation sites excluding steroid dienone is 1. The van der Waals surface area contributed by atoms with E-state index in [1.807, 2.05) is 13.0 Å². The number of alkyl halides is 1. The van der Waals surface area contributed by atoms with Crippen molar-refractivity contribution in [2.45, 2.75) is 68.5 Å². The molecule has 2 fully saturated rings. The first-order chi connectivity index (χ1) is 9.15. The number of rotatable bonds is 3. The van der Waals surface area contributed by atoms with Crippen molar-refractivity contribution in [1.82, 2.24) is 0 Å². The Bertz CT molecular complexity index is 363. The van der Waals surface area contributed by atoms with Crippen LogP contribution in [0.15, 0.2) is 12.2 Å². The first-order valence-corrected chi connectivity index (χ1v) is 7.33. The SMILES string of the molecule is C#C/C=C/C[C@H]1O[C@H]2C[C@@H](O)[C@@H](CC)O[C@H]2C[C@H]1Cl. The minimum absolute atomic E-state index is 0.00344. The highest BCUT2D eigenvalue weighted by atomic mass is 35.5. The van der Waals surface area contributed by atoms with Crippen LogP contribution < -0.4 is 0 Å². The van der Waals surface area contributed by atoms with Gasteiger partial charge in [0, 0.05) is 6.42 Å². The van der Waals surface area contributed by atoms with Gasteiger partial charge >= 0.3 is 0 Å². The molecular weight excluding hydrogens is 264 g/mol. The second-order valence-electron chi connectivity index (χ2n) is 5.19. The molecule has 0 aromatic carbocycles. The number of aliphatic hydroxyl groups is 1. The van der Waals surface area contributed by atoms with Crippen LogP contribution in [-0.4, -0.2) is 41.0 Å². The normalized spacial score (nSPS) is 42.8. The van der Waals surface area contributed by atoms with E-state index in [0.29, 0.717) is 12.8 Å². The quantitative estimate of drug-likeness (QED) is 0.638. The molecule has 2 aliphatic heterocycles. The van der Waals surface area contributed by atoms with E-state index in [1.54, 1.807) is 6.08 Å². The van der Waals surface area contributed by atoms with Gasteiger partial charge in [0.2, 0.25) is 0 Å². The molecule has 2 aliphatic rings. The Morgan fingerprint density at radius 1 is 1.32 bits per heavy atom. The Morgan fingerprint density at radius 3 is 2.68 bits per heavy atom. The van der Waals surface area contributed by atoms with Crippen LogP contribution in [-0.2, 0) is 9.47 Å². The second-order valence-corrected chi connectivity index (χ2v) is 5.75. The number of halogens is 1. The lowest BCUT2D eigenvalue weighted by Gasteiger charge is -2.45. The highest BCUT2D eigenvalue weighted by Crippen LogP contribution is 2.35. The van der Waals surface area contributed by atoms with Gasteiger partial charge in [0.25, 0.3) is 0 Å². The molecule has 0 aromatic rings. The third-order valence-electron chi connectivity index (χ3n) is 3.86. The summed E-state index contributed by atoms with van der Waals surface area (Å²) in [5.74, 6) is 2.46. The van der Waals surface area contributed by atoms with Crippen LogP contribution in [0.2, 0.25) is 0 Å². The minimum atomic E-state index is -0.444. The molecule has 3 nitrogen and oxygen atoms in total. The van der Waals surface area contributed by atoms with E-state index >= 15 is 0 Å². The molecule has 0 bridgehead atoms. The van der Waals surface area contributed by atoms with Gasteiger partial charge in [-0.2, -0.15) is 0 Å². The van der Waals surface area contributed by atoms with Gasteiger partial charge in [-0.05, 0) is 25.3 Å². The van der Waals surface area contributed by atoms with Crippen LogP contribution in [0.4, 0.5) is 0 Å². The molecule has 2 saturated heterocycles. The summed E-state index contributed by atoms with van der Waals surface area (Å²) >= 11 is 6.36. The second kappa shape index (κ2) is 6.76. The van der Waals surface area contributed by atoms with Crippen molar-refractivity contribution in [2.75, 3.05) is 0 Å². The third kappa shape index (κ3) is 3.52. The fourth-order valence-corrected chi connectivity index (χ4v) is 3.16. The molecule has 1 N–H and O–H groups in total. The predicted octanol–water partition coefficient (Wildman–Crippen LogP) is 2.26. The van der Waals surface area contributed by atoms with Gasteiger partial charge in [0.15, 0.2) is 0 Å². The van der Waals surface area contributed by atoms with E-state index in [4.69, 9.17) is 27.5 Å². The molecule has 4 heteroatoms. The maximum atomic E-state index is 10.00. The molecule has 0 aromatic heterocycles. The van der Waals surface area contributed by atoms with Crippen molar-refractivity contribution in [3.63, 3.8) is 0 Å². The van der Waals surface area contributed by atoms with Gasteiger partial charge in [0.05, 0.1) is 35.9 Å². The largest absolute Gasteiger partial charge is 0.390 e. The van der Waals surface area contributed by atoms with Crippen LogP contribution in [0, 0.1) is 12.3 Å². The van der Waals surface area contributed by atoms with Crippen molar-refractivity contribution in [3.05, 3.63) is 12.2 Å². The molecule has 0 saturated carbocycles. The summed E-state index contributed by atoms with van der Waals surface area (Å²) in [7, 11) is 0. The summed E-state index contributed by atoms with van der Waals surface area (Å²) in [4.78, 5) is 0. The molecule has 2 rings (SSSR count). The van der Waals surface area contributed by atoms with E-state index in [0.717, 1.165) is 12.8 Å². The standard InChI is InChI=1S/C15H21ClO3/c1-3-5-6-7-13-10(16)8-14-15(19-13)9-11(17)12(4-2)18-14/h1,5-6,10-15,17H,4,7-9H2,2H3/b6-5+/t10-,11-,12-,13-,14+,15+/m1/s1. The fourth-order valence-electron chi connectivity index (χ4n) is 2.82. The predicted molar refractivity (Wildman–Crippen MR) is 75.1 cm³/mol. The van der Waals surface area contributed by atoms with Gasteiger partial charge in [-0.25, -0.2) is 0 Å². The van der Waals surface area contributed by atoms with Crippen LogP contribution in [0.25, 0.3) is 0 Å². The van der Waals surface area contributed by atoms with E-state index in [-0.39, 0.29) is 29.8 Å². The maximum absolute atomic E-state index is 10.00. The average molecular weight is 285 g/mol. The molecular formula is C15H21ClO3. The first kappa shape index (κ1) is 14.9. The van der Waals surface area contributed by atoms with Crippen molar-refractivity contribution >= 4 is 11.6 Å². The summed E-state index contributed by atoms with van der Waals surface area (Å²) in [6.07, 6.45) is 11.0. The van der Waals surface area contributed by atoms with Gasteiger partial charge in [-0.1, -0.05) is 18.9 Å². The fraction of sp³-hybridized carbons (Fsp3) is 0.733. The Morgan fingerprint density at radius 2 is 2.00 bits per heavy atom. The highest BCUT2D eigenvalue weighted by Gasteiger charge is 2.43. The number of hydrogen-bond acceptors (Lipinski definition) is 3. The zero-order chi connectivity index (χ0) is 13.8. The Kier molecular flexibility index (Phi) is 5.29. The number of terminal acetylenes is 1. The van der Waals surface area contributed by atoms with Crippen LogP contribution >= 0.6 is 11.6 Å². The molecule has 0 spiro atoms. The van der Waals surface area contributed by atoms with Crippen molar-refractivity contribution < 1.29 is 14.6 Å². The number of ether oxygens (including phenoxy) is 2. The van der Waals surface area contributed by atoms with Crippen molar-refractivity contribution in [3.8, 4) is 12.3 Å². The van der Waals surface area contributed by atoms with Crippen LogP contribution in [0.5, 0.6) is 0 Å². The molecule has 0 radical (unpaired) electrons. The van der Waals surface area contributed by atoms with E-state index in [9.17, 15) is 5.11 Å². The summed E-state index contributed by atoms with van der Waals surface area (Å²) in [5, 5.41) is 9.92. The first-order valence-electron chi connectivity index (χ1n) is 6.89. The monoisotopic (exact) mass is 284 g/mol. The van der Waals surface area contributed by atoms with E-state index < -0.39 is 6.10 Å². The molecule has 6 atom stereocenters. The topological polar surface area (TPSA) is 38.7 Å². The van der Waals surface area contributed by atoms with Gasteiger partial charge in [-0.15, -0.1) is 18.0 Å². The van der Waals surface area contributed by atoms with E-state index in [1.165, 1.54) is 0 Å². The number of fused-ring (bicyclic) bond motifs is 1. The molecule has 0 amide bonds. The van der Waals surface area contributed by atoms with Crippen LogP contribution in [0.3, 0.4) is 0 Å². The third-order valence-corrected chi connectivity index (χ3v) is 4.32. The zero-order valence-electron chi connectivity index (χ0n) is 11.2. The number of aliphatic hydroxyl groups excluding tert-OH is 1. The molecule has 2 heterocycles. The minimum Gasteiger partial charge on any atom is -0.390 e. The summed E-state index contributed by atoms with van der Waals surface area (Å²) in [6, 6.07) is 0. The summed E-state index contributed by atoms with van der Waals surface area (Å²) < 4.78 is 11.9. The van der Waals surface area contributed by atoms with Gasteiger partial charge in [-0.3, -0.25) is 0 Å². The highest BCUT2D eigenvalue weighted by molar-refractivity contribution is 6.21. The lowest BCUT2D eigenvalue weighted by molar-refractivity contribution is -0.217. The molecule has 19 heavy (non-hydrogen) atoms. The maximum Gasteiger partial charge on any atom is 0.0867 e. The van der Waals surface area contributed by atoms with Crippen LogP contribution in [0.1, 0.15) is 32.6 Å². The summed E-state index contributed by atoms with van der Waals surface area (Å²) in [5.41, 5.74) is 0. The Hall–Kier alpha value is -0.530. The smallest absolute Gasteiger partial charge is 0.0867 e. The molecule has 106 valence electrons. The Balaban J connectivity index is 1.95. The molecule has 0 unspecified atom stereocenters. The van der Waals surface area contributed by atoms with Crippen molar-refractivity contribution in [1.29, 1.82) is 0 Å².